The van der Waals surface area contributed by atoms with E-state index in [1.54, 1.807) is 0 Å². The fourth-order valence-electron chi connectivity index (χ4n) is 4.61. The molecule has 1 aromatic heterocycles. The van der Waals surface area contributed by atoms with Crippen molar-refractivity contribution in [1.29, 1.82) is 5.26 Å². The predicted octanol–water partition coefficient (Wildman–Crippen LogP) is 7.42. The van der Waals surface area contributed by atoms with Crippen molar-refractivity contribution in [2.75, 3.05) is 0 Å². The molecule has 2 nitrogen and oxygen atoms in total. The first kappa shape index (κ1) is 20.2. The summed E-state index contributed by atoms with van der Waals surface area (Å²) in [4.78, 5) is 0. The number of nitrogens with zero attached hydrogens (tertiary/aromatic N) is 2. The van der Waals surface area contributed by atoms with Crippen LogP contribution in [0.4, 0.5) is 0 Å². The number of aromatic nitrogens is 1. The van der Waals surface area contributed by atoms with Crippen molar-refractivity contribution in [3.8, 4) is 6.07 Å². The molecule has 0 atom stereocenters. The second-order valence-electron chi connectivity index (χ2n) is 8.15. The van der Waals surface area contributed by atoms with Crippen LogP contribution < -0.4 is 0 Å². The molecular weight excluding hydrogens is 364 g/mol. The van der Waals surface area contributed by atoms with Gasteiger partial charge in [-0.3, -0.25) is 0 Å². The van der Waals surface area contributed by atoms with Crippen LogP contribution >= 0.6 is 0 Å². The third-order valence-electron chi connectivity index (χ3n) is 6.20. The Morgan fingerprint density at radius 3 is 2.27 bits per heavy atom. The van der Waals surface area contributed by atoms with Crippen LogP contribution in [0.25, 0.3) is 21.8 Å². The van der Waals surface area contributed by atoms with Gasteiger partial charge in [0.05, 0.1) is 11.6 Å². The molecule has 0 fully saturated rings. The van der Waals surface area contributed by atoms with E-state index >= 15 is 0 Å². The molecule has 0 aliphatic rings. The van der Waals surface area contributed by atoms with Gasteiger partial charge < -0.3 is 4.57 Å². The highest BCUT2D eigenvalue weighted by atomic mass is 15.0. The van der Waals surface area contributed by atoms with Gasteiger partial charge in [0.2, 0.25) is 0 Å². The van der Waals surface area contributed by atoms with Crippen molar-refractivity contribution in [2.45, 2.75) is 58.4 Å². The van der Waals surface area contributed by atoms with Gasteiger partial charge >= 0.3 is 0 Å². The summed E-state index contributed by atoms with van der Waals surface area (Å²) in [5.74, 6) is 0. The second kappa shape index (κ2) is 9.63. The van der Waals surface area contributed by atoms with Gasteiger partial charge in [-0.05, 0) is 61.9 Å². The third-order valence-corrected chi connectivity index (χ3v) is 6.20. The van der Waals surface area contributed by atoms with Crippen LogP contribution in [0.5, 0.6) is 0 Å². The molecule has 0 saturated carbocycles. The first-order valence-electron chi connectivity index (χ1n) is 11.3. The van der Waals surface area contributed by atoms with Gasteiger partial charge in [-0.15, -0.1) is 0 Å². The van der Waals surface area contributed by atoms with Gasteiger partial charge in [0, 0.05) is 28.4 Å². The number of fused-ring (bicyclic) bond motifs is 3. The minimum absolute atomic E-state index is 0.831. The first-order valence-corrected chi connectivity index (χ1v) is 11.3. The van der Waals surface area contributed by atoms with Crippen LogP contribution in [0.15, 0.2) is 66.7 Å². The Morgan fingerprint density at radius 1 is 0.733 bits per heavy atom. The van der Waals surface area contributed by atoms with Crippen LogP contribution in [0.2, 0.25) is 0 Å². The maximum atomic E-state index is 9.19. The molecule has 0 spiro atoms. The molecule has 0 bridgehead atoms. The number of para-hydroxylation sites is 1. The number of hydrogen-bond acceptors (Lipinski definition) is 1. The van der Waals surface area contributed by atoms with Crippen LogP contribution in [-0.4, -0.2) is 4.57 Å². The predicted molar refractivity (Wildman–Crippen MR) is 127 cm³/mol. The average Bonchev–Trinajstić information content (AvgIpc) is 3.11. The maximum absolute atomic E-state index is 9.19. The summed E-state index contributed by atoms with van der Waals surface area (Å²) in [5, 5.41) is 11.9. The highest BCUT2D eigenvalue weighted by Gasteiger charge is 2.09. The standard InChI is InChI=1S/C28H30N2/c1-2-30-27-17-11-10-16-25(27)26-19-18-22(20-28(26)30)12-6-4-3-5-7-13-23-14-8-9-15-24(23)21-29/h8-11,14-20H,2-7,12-13H2,1H3. The zero-order valence-corrected chi connectivity index (χ0v) is 17.9. The number of unbranched alkanes of at least 4 members (excludes halogenated alkanes) is 4. The molecule has 0 aliphatic carbocycles. The van der Waals surface area contributed by atoms with Crippen molar-refractivity contribution < 1.29 is 0 Å². The maximum Gasteiger partial charge on any atom is 0.0994 e. The van der Waals surface area contributed by atoms with Crippen molar-refractivity contribution >= 4 is 21.8 Å². The van der Waals surface area contributed by atoms with Gasteiger partial charge in [-0.1, -0.05) is 67.8 Å². The minimum atomic E-state index is 0.831. The summed E-state index contributed by atoms with van der Waals surface area (Å²) in [6.45, 7) is 3.23. The van der Waals surface area contributed by atoms with Gasteiger partial charge in [-0.25, -0.2) is 0 Å². The lowest BCUT2D eigenvalue weighted by Crippen LogP contribution is -1.94. The highest BCUT2D eigenvalue weighted by molar-refractivity contribution is 6.08. The summed E-state index contributed by atoms with van der Waals surface area (Å²) >= 11 is 0. The molecule has 0 amide bonds. The Hall–Kier alpha value is -3.05. The Kier molecular flexibility index (Phi) is 6.50. The smallest absolute Gasteiger partial charge is 0.0994 e. The topological polar surface area (TPSA) is 28.7 Å². The number of hydrogen-bond donors (Lipinski definition) is 0. The zero-order chi connectivity index (χ0) is 20.8. The molecule has 0 unspecified atom stereocenters. The number of rotatable bonds is 9. The Bertz CT molecular complexity index is 1180. The highest BCUT2D eigenvalue weighted by Crippen LogP contribution is 2.30. The molecule has 0 N–H and O–H groups in total. The van der Waals surface area contributed by atoms with E-state index in [1.807, 2.05) is 18.2 Å². The van der Waals surface area contributed by atoms with E-state index in [9.17, 15) is 5.26 Å². The summed E-state index contributed by atoms with van der Waals surface area (Å²) in [6.07, 6.45) is 8.36. The molecule has 0 radical (unpaired) electrons. The van der Waals surface area contributed by atoms with Gasteiger partial charge in [0.15, 0.2) is 0 Å². The van der Waals surface area contributed by atoms with E-state index in [2.05, 4.69) is 66.1 Å². The lowest BCUT2D eigenvalue weighted by molar-refractivity contribution is 0.613. The molecule has 4 aromatic rings. The molecule has 1 heterocycles. The van der Waals surface area contributed by atoms with E-state index in [-0.39, 0.29) is 0 Å². The molecule has 2 heteroatoms. The van der Waals surface area contributed by atoms with Gasteiger partial charge in [-0.2, -0.15) is 5.26 Å². The van der Waals surface area contributed by atoms with E-state index in [0.29, 0.717) is 0 Å². The Balaban J connectivity index is 1.28. The molecule has 4 rings (SSSR count). The molecule has 0 saturated heterocycles. The fraction of sp³-hybridized carbons (Fsp3) is 0.321. The minimum Gasteiger partial charge on any atom is -0.341 e. The Morgan fingerprint density at radius 2 is 1.43 bits per heavy atom. The summed E-state index contributed by atoms with van der Waals surface area (Å²) in [6, 6.07) is 26.0. The Labute approximate surface area is 179 Å². The van der Waals surface area contributed by atoms with E-state index in [4.69, 9.17) is 0 Å². The average molecular weight is 395 g/mol. The van der Waals surface area contributed by atoms with E-state index in [0.717, 1.165) is 24.9 Å². The largest absolute Gasteiger partial charge is 0.341 e. The molecule has 0 aliphatic heterocycles. The van der Waals surface area contributed by atoms with Crippen molar-refractivity contribution in [3.63, 3.8) is 0 Å². The number of benzene rings is 3. The number of nitriles is 1. The monoisotopic (exact) mass is 394 g/mol. The van der Waals surface area contributed by atoms with Crippen LogP contribution in [0.3, 0.4) is 0 Å². The lowest BCUT2D eigenvalue weighted by atomic mass is 10.00. The van der Waals surface area contributed by atoms with Gasteiger partial charge in [0.1, 0.15) is 0 Å². The lowest BCUT2D eigenvalue weighted by Gasteiger charge is -2.06. The SMILES string of the molecule is CCn1c2ccccc2c2ccc(CCCCCCCc3ccccc3C#N)cc21. The second-order valence-corrected chi connectivity index (χ2v) is 8.15. The number of aryl methyl sites for hydroxylation is 3. The van der Waals surface area contributed by atoms with E-state index < -0.39 is 0 Å². The van der Waals surface area contributed by atoms with E-state index in [1.165, 1.54) is 65.0 Å². The quantitative estimate of drug-likeness (QED) is 0.271. The zero-order valence-electron chi connectivity index (χ0n) is 17.9. The molecule has 152 valence electrons. The first-order chi connectivity index (χ1) is 14.8. The van der Waals surface area contributed by atoms with Crippen molar-refractivity contribution in [1.82, 2.24) is 4.57 Å². The summed E-state index contributed by atoms with van der Waals surface area (Å²) in [7, 11) is 0. The van der Waals surface area contributed by atoms with Gasteiger partial charge in [0.25, 0.3) is 0 Å². The molecular formula is C28H30N2. The normalized spacial score (nSPS) is 11.2. The molecule has 3 aromatic carbocycles. The van der Waals surface area contributed by atoms with Crippen molar-refractivity contribution in [3.05, 3.63) is 83.4 Å². The molecule has 30 heavy (non-hydrogen) atoms. The summed E-state index contributed by atoms with van der Waals surface area (Å²) in [5.41, 5.74) is 6.18. The van der Waals surface area contributed by atoms with Crippen LogP contribution in [0.1, 0.15) is 55.7 Å². The van der Waals surface area contributed by atoms with Crippen molar-refractivity contribution in [2.24, 2.45) is 0 Å². The van der Waals surface area contributed by atoms with Crippen LogP contribution in [0, 0.1) is 11.3 Å². The third kappa shape index (κ3) is 4.26. The van der Waals surface area contributed by atoms with Crippen LogP contribution in [-0.2, 0) is 19.4 Å². The summed E-state index contributed by atoms with van der Waals surface area (Å²) < 4.78 is 2.44. The fourth-order valence-corrected chi connectivity index (χ4v) is 4.61.